The zero-order valence-corrected chi connectivity index (χ0v) is 15.8. The van der Waals surface area contributed by atoms with Gasteiger partial charge in [0.05, 0.1) is 25.3 Å². The molecule has 3 heterocycles. The molecule has 1 aliphatic rings. The van der Waals surface area contributed by atoms with E-state index in [-0.39, 0.29) is 0 Å². The molecule has 0 unspecified atom stereocenters. The van der Waals surface area contributed by atoms with Crippen LogP contribution in [0.3, 0.4) is 0 Å². The number of rotatable bonds is 5. The Kier molecular flexibility index (Phi) is 5.16. The van der Waals surface area contributed by atoms with Crippen LogP contribution in [-0.4, -0.2) is 47.9 Å². The van der Waals surface area contributed by atoms with Crippen molar-refractivity contribution in [1.82, 2.24) is 15.0 Å². The quantitative estimate of drug-likeness (QED) is 0.691. The van der Waals surface area contributed by atoms with E-state index in [0.717, 1.165) is 47.7 Å². The standard InChI is InChI=1S/C21H24N4O2/c1-3-15-12-18-19(22-14-15)21(25-8-10-26-11-9-25)24-20(23-18)16-6-5-7-17(13-16)27-4-2/h5-7,12-14H,3-4,8-11H2,1-2H3. The highest BCUT2D eigenvalue weighted by Crippen LogP contribution is 2.29. The number of nitrogens with zero attached hydrogens (tertiary/aromatic N) is 4. The Morgan fingerprint density at radius 1 is 1.11 bits per heavy atom. The summed E-state index contributed by atoms with van der Waals surface area (Å²) in [5.74, 6) is 2.40. The molecule has 0 spiro atoms. The van der Waals surface area contributed by atoms with Gasteiger partial charge in [-0.05, 0) is 37.1 Å². The Bertz CT molecular complexity index is 939. The van der Waals surface area contributed by atoms with Crippen molar-refractivity contribution in [3.05, 3.63) is 42.1 Å². The Balaban J connectivity index is 1.86. The van der Waals surface area contributed by atoms with Crippen LogP contribution in [0.1, 0.15) is 19.4 Å². The number of fused-ring (bicyclic) bond motifs is 1. The maximum atomic E-state index is 5.64. The van der Waals surface area contributed by atoms with Gasteiger partial charge in [-0.25, -0.2) is 9.97 Å². The van der Waals surface area contributed by atoms with Crippen LogP contribution in [0.5, 0.6) is 5.75 Å². The number of hydrogen-bond donors (Lipinski definition) is 0. The molecule has 27 heavy (non-hydrogen) atoms. The van der Waals surface area contributed by atoms with Gasteiger partial charge in [-0.3, -0.25) is 4.98 Å². The molecule has 140 valence electrons. The van der Waals surface area contributed by atoms with Crippen LogP contribution >= 0.6 is 0 Å². The summed E-state index contributed by atoms with van der Waals surface area (Å²) in [5.41, 5.74) is 3.84. The summed E-state index contributed by atoms with van der Waals surface area (Å²) >= 11 is 0. The van der Waals surface area contributed by atoms with E-state index in [2.05, 4.69) is 22.9 Å². The van der Waals surface area contributed by atoms with E-state index in [1.165, 1.54) is 5.56 Å². The molecule has 6 nitrogen and oxygen atoms in total. The van der Waals surface area contributed by atoms with Gasteiger partial charge in [-0.2, -0.15) is 0 Å². The molecule has 2 aromatic heterocycles. The summed E-state index contributed by atoms with van der Waals surface area (Å²) in [7, 11) is 0. The summed E-state index contributed by atoms with van der Waals surface area (Å²) in [6.45, 7) is 7.75. The number of anilines is 1. The zero-order valence-electron chi connectivity index (χ0n) is 15.8. The first-order valence-corrected chi connectivity index (χ1v) is 9.51. The number of ether oxygens (including phenoxy) is 2. The fraction of sp³-hybridized carbons (Fsp3) is 0.381. The van der Waals surface area contributed by atoms with Crippen LogP contribution in [0.15, 0.2) is 36.5 Å². The molecule has 0 atom stereocenters. The Morgan fingerprint density at radius 2 is 1.96 bits per heavy atom. The lowest BCUT2D eigenvalue weighted by molar-refractivity contribution is 0.122. The average molecular weight is 364 g/mol. The van der Waals surface area contributed by atoms with Crippen molar-refractivity contribution in [1.29, 1.82) is 0 Å². The average Bonchev–Trinajstić information content (AvgIpc) is 2.73. The number of hydrogen-bond acceptors (Lipinski definition) is 6. The SMILES string of the molecule is CCOc1cccc(-c2nc(N3CCOCC3)c3ncc(CC)cc3n2)c1. The van der Waals surface area contributed by atoms with Crippen LogP contribution < -0.4 is 9.64 Å². The van der Waals surface area contributed by atoms with E-state index in [0.29, 0.717) is 25.6 Å². The molecular weight excluding hydrogens is 340 g/mol. The van der Waals surface area contributed by atoms with Gasteiger partial charge >= 0.3 is 0 Å². The van der Waals surface area contributed by atoms with Gasteiger partial charge in [0.1, 0.15) is 11.3 Å². The molecule has 1 saturated heterocycles. The highest BCUT2D eigenvalue weighted by Gasteiger charge is 2.19. The third-order valence-corrected chi connectivity index (χ3v) is 4.70. The molecule has 1 aromatic carbocycles. The van der Waals surface area contributed by atoms with E-state index in [4.69, 9.17) is 19.4 Å². The minimum Gasteiger partial charge on any atom is -0.494 e. The molecule has 0 N–H and O–H groups in total. The van der Waals surface area contributed by atoms with Crippen LogP contribution in [0.4, 0.5) is 5.82 Å². The van der Waals surface area contributed by atoms with Crippen LogP contribution in [-0.2, 0) is 11.2 Å². The number of pyridine rings is 1. The van der Waals surface area contributed by atoms with Crippen LogP contribution in [0, 0.1) is 0 Å². The number of aromatic nitrogens is 3. The summed E-state index contributed by atoms with van der Waals surface area (Å²) in [5, 5.41) is 0. The first-order valence-electron chi connectivity index (χ1n) is 9.51. The lowest BCUT2D eigenvalue weighted by Gasteiger charge is -2.28. The van der Waals surface area contributed by atoms with Gasteiger partial charge in [0, 0.05) is 24.8 Å². The van der Waals surface area contributed by atoms with Crippen molar-refractivity contribution in [2.24, 2.45) is 0 Å². The van der Waals surface area contributed by atoms with Crippen molar-refractivity contribution in [2.75, 3.05) is 37.8 Å². The number of morpholine rings is 1. The molecule has 1 aliphatic heterocycles. The Morgan fingerprint density at radius 3 is 2.74 bits per heavy atom. The molecular formula is C21H24N4O2. The molecule has 4 rings (SSSR count). The molecule has 0 bridgehead atoms. The second-order valence-corrected chi connectivity index (χ2v) is 6.50. The Hall–Kier alpha value is -2.73. The van der Waals surface area contributed by atoms with Crippen molar-refractivity contribution < 1.29 is 9.47 Å². The maximum absolute atomic E-state index is 5.64. The highest BCUT2D eigenvalue weighted by atomic mass is 16.5. The maximum Gasteiger partial charge on any atom is 0.162 e. The lowest BCUT2D eigenvalue weighted by Crippen LogP contribution is -2.37. The molecule has 0 aliphatic carbocycles. The third kappa shape index (κ3) is 3.71. The van der Waals surface area contributed by atoms with E-state index in [1.807, 2.05) is 37.4 Å². The molecule has 1 fully saturated rings. The molecule has 0 saturated carbocycles. The van der Waals surface area contributed by atoms with E-state index >= 15 is 0 Å². The monoisotopic (exact) mass is 364 g/mol. The number of aryl methyl sites for hydroxylation is 1. The smallest absolute Gasteiger partial charge is 0.162 e. The van der Waals surface area contributed by atoms with E-state index < -0.39 is 0 Å². The van der Waals surface area contributed by atoms with E-state index in [1.54, 1.807) is 0 Å². The minimum absolute atomic E-state index is 0.630. The molecule has 0 radical (unpaired) electrons. The van der Waals surface area contributed by atoms with Crippen LogP contribution in [0.25, 0.3) is 22.4 Å². The second kappa shape index (κ2) is 7.88. The zero-order chi connectivity index (χ0) is 18.6. The van der Waals surface area contributed by atoms with Crippen molar-refractivity contribution in [2.45, 2.75) is 20.3 Å². The summed E-state index contributed by atoms with van der Waals surface area (Å²) in [6.07, 6.45) is 2.85. The van der Waals surface area contributed by atoms with Crippen molar-refractivity contribution >= 4 is 16.9 Å². The summed E-state index contributed by atoms with van der Waals surface area (Å²) in [4.78, 5) is 16.6. The van der Waals surface area contributed by atoms with Gasteiger partial charge in [-0.15, -0.1) is 0 Å². The minimum atomic E-state index is 0.630. The third-order valence-electron chi connectivity index (χ3n) is 4.70. The molecule has 3 aromatic rings. The topological polar surface area (TPSA) is 60.4 Å². The van der Waals surface area contributed by atoms with Crippen molar-refractivity contribution in [3.63, 3.8) is 0 Å². The first-order chi connectivity index (χ1) is 13.3. The fourth-order valence-electron chi connectivity index (χ4n) is 3.25. The predicted octanol–water partition coefficient (Wildman–Crippen LogP) is 3.49. The van der Waals surface area contributed by atoms with Crippen LogP contribution in [0.2, 0.25) is 0 Å². The number of benzene rings is 1. The molecule has 0 amide bonds. The first kappa shape index (κ1) is 17.7. The Labute approximate surface area is 159 Å². The highest BCUT2D eigenvalue weighted by molar-refractivity contribution is 5.88. The summed E-state index contributed by atoms with van der Waals surface area (Å²) < 4.78 is 11.1. The fourth-order valence-corrected chi connectivity index (χ4v) is 3.25. The normalized spacial score (nSPS) is 14.5. The van der Waals surface area contributed by atoms with E-state index in [9.17, 15) is 0 Å². The summed E-state index contributed by atoms with van der Waals surface area (Å²) in [6, 6.07) is 10.1. The lowest BCUT2D eigenvalue weighted by atomic mass is 10.1. The van der Waals surface area contributed by atoms with Gasteiger partial charge in [0.2, 0.25) is 0 Å². The van der Waals surface area contributed by atoms with Gasteiger partial charge in [0.15, 0.2) is 11.6 Å². The molecule has 6 heteroatoms. The van der Waals surface area contributed by atoms with Gasteiger partial charge < -0.3 is 14.4 Å². The van der Waals surface area contributed by atoms with Gasteiger partial charge in [0.25, 0.3) is 0 Å². The van der Waals surface area contributed by atoms with Gasteiger partial charge in [-0.1, -0.05) is 19.1 Å². The second-order valence-electron chi connectivity index (χ2n) is 6.50. The largest absolute Gasteiger partial charge is 0.494 e. The van der Waals surface area contributed by atoms with Crippen molar-refractivity contribution in [3.8, 4) is 17.1 Å². The predicted molar refractivity (Wildman–Crippen MR) is 106 cm³/mol.